The zero-order valence-corrected chi connectivity index (χ0v) is 16.6. The molecular formula is C25H21FO3. The first kappa shape index (κ1) is 18.9. The van der Waals surface area contributed by atoms with Crippen molar-refractivity contribution < 1.29 is 18.7 Å². The Hall–Kier alpha value is -3.40. The smallest absolute Gasteiger partial charge is 0.231 e. The summed E-state index contributed by atoms with van der Waals surface area (Å²) >= 11 is 0. The highest BCUT2D eigenvalue weighted by atomic mass is 19.1. The van der Waals surface area contributed by atoms with Crippen molar-refractivity contribution in [2.45, 2.75) is 27.4 Å². The van der Waals surface area contributed by atoms with Gasteiger partial charge in [-0.3, -0.25) is 4.79 Å². The van der Waals surface area contributed by atoms with E-state index in [0.29, 0.717) is 29.2 Å². The summed E-state index contributed by atoms with van der Waals surface area (Å²) in [5.41, 5.74) is 4.98. The molecule has 3 aromatic rings. The van der Waals surface area contributed by atoms with Crippen LogP contribution in [0, 0.1) is 26.6 Å². The van der Waals surface area contributed by atoms with Crippen molar-refractivity contribution in [3.63, 3.8) is 0 Å². The summed E-state index contributed by atoms with van der Waals surface area (Å²) in [6.07, 6.45) is 1.44. The number of carbonyl (C=O) groups excluding carboxylic acids is 1. The molecule has 1 heterocycles. The van der Waals surface area contributed by atoms with Crippen LogP contribution in [0.15, 0.2) is 60.4 Å². The van der Waals surface area contributed by atoms with Gasteiger partial charge in [0.05, 0.1) is 5.56 Å². The van der Waals surface area contributed by atoms with E-state index in [2.05, 4.69) is 25.1 Å². The van der Waals surface area contributed by atoms with Crippen molar-refractivity contribution >= 4 is 11.9 Å². The number of ketones is 1. The Morgan fingerprint density at radius 3 is 2.62 bits per heavy atom. The Kier molecular flexibility index (Phi) is 4.93. The summed E-state index contributed by atoms with van der Waals surface area (Å²) < 4.78 is 25.8. The lowest BCUT2D eigenvalue weighted by Crippen LogP contribution is -2.00. The standard InChI is InChI=1S/C25H21FO3/c1-15-8-9-16(2)19(12-15)14-28-22-11-10-20-24(27)23(29-25(20)17(22)3)13-18-6-4-5-7-21(18)26/h4-13H,14H2,1-3H3/b23-13-. The molecule has 0 saturated heterocycles. The molecule has 4 heteroatoms. The molecule has 146 valence electrons. The molecule has 29 heavy (non-hydrogen) atoms. The first-order valence-corrected chi connectivity index (χ1v) is 9.45. The van der Waals surface area contributed by atoms with Gasteiger partial charge in [-0.1, -0.05) is 42.0 Å². The molecule has 0 aliphatic carbocycles. The number of benzene rings is 3. The fourth-order valence-electron chi connectivity index (χ4n) is 3.37. The van der Waals surface area contributed by atoms with E-state index in [1.54, 1.807) is 30.3 Å². The van der Waals surface area contributed by atoms with Crippen molar-refractivity contribution in [1.29, 1.82) is 0 Å². The van der Waals surface area contributed by atoms with Crippen LogP contribution in [0.2, 0.25) is 0 Å². The number of aryl methyl sites for hydroxylation is 2. The predicted octanol–water partition coefficient (Wildman–Crippen LogP) is 5.95. The molecule has 0 N–H and O–H groups in total. The Balaban J connectivity index is 1.60. The number of Topliss-reactive ketones (excluding diaryl/α,β-unsaturated/α-hetero) is 1. The maximum Gasteiger partial charge on any atom is 0.231 e. The van der Waals surface area contributed by atoms with Gasteiger partial charge < -0.3 is 9.47 Å². The van der Waals surface area contributed by atoms with Gasteiger partial charge in [-0.2, -0.15) is 0 Å². The second kappa shape index (κ2) is 7.55. The van der Waals surface area contributed by atoms with Gasteiger partial charge in [0.15, 0.2) is 5.76 Å². The first-order chi connectivity index (χ1) is 13.9. The summed E-state index contributed by atoms with van der Waals surface area (Å²) in [5.74, 6) is 0.578. The molecule has 3 aromatic carbocycles. The van der Waals surface area contributed by atoms with Gasteiger partial charge in [-0.15, -0.1) is 0 Å². The molecule has 0 atom stereocenters. The van der Waals surface area contributed by atoms with Crippen molar-refractivity contribution in [2.24, 2.45) is 0 Å². The number of carbonyl (C=O) groups is 1. The Morgan fingerprint density at radius 1 is 1.03 bits per heavy atom. The van der Waals surface area contributed by atoms with Crippen LogP contribution in [0.4, 0.5) is 4.39 Å². The molecule has 0 bridgehead atoms. The van der Waals surface area contributed by atoms with Gasteiger partial charge >= 0.3 is 0 Å². The van der Waals surface area contributed by atoms with Crippen LogP contribution >= 0.6 is 0 Å². The zero-order chi connectivity index (χ0) is 20.5. The second-order valence-electron chi connectivity index (χ2n) is 7.25. The van der Waals surface area contributed by atoms with Crippen LogP contribution in [0.3, 0.4) is 0 Å². The molecule has 4 rings (SSSR count). The van der Waals surface area contributed by atoms with Crippen molar-refractivity contribution in [3.05, 3.63) is 99.6 Å². The number of halogens is 1. The largest absolute Gasteiger partial charge is 0.488 e. The maximum absolute atomic E-state index is 13.9. The van der Waals surface area contributed by atoms with Gasteiger partial charge in [-0.05, 0) is 56.2 Å². The number of rotatable bonds is 4. The topological polar surface area (TPSA) is 35.5 Å². The quantitative estimate of drug-likeness (QED) is 0.519. The third-order valence-electron chi connectivity index (χ3n) is 5.12. The third-order valence-corrected chi connectivity index (χ3v) is 5.12. The van der Waals surface area contributed by atoms with E-state index in [4.69, 9.17) is 9.47 Å². The highest BCUT2D eigenvalue weighted by Gasteiger charge is 2.30. The zero-order valence-electron chi connectivity index (χ0n) is 16.6. The molecule has 3 nitrogen and oxygen atoms in total. The predicted molar refractivity (Wildman–Crippen MR) is 111 cm³/mol. The Bertz CT molecular complexity index is 1140. The first-order valence-electron chi connectivity index (χ1n) is 9.45. The number of hydrogen-bond donors (Lipinski definition) is 0. The lowest BCUT2D eigenvalue weighted by Gasteiger charge is -2.13. The molecule has 1 aliphatic heterocycles. The lowest BCUT2D eigenvalue weighted by molar-refractivity contribution is 0.101. The van der Waals surface area contributed by atoms with Crippen LogP contribution in [0.5, 0.6) is 11.5 Å². The van der Waals surface area contributed by atoms with Crippen molar-refractivity contribution in [1.82, 2.24) is 0 Å². The summed E-state index contributed by atoms with van der Waals surface area (Å²) in [4.78, 5) is 12.7. The summed E-state index contributed by atoms with van der Waals surface area (Å²) in [5, 5.41) is 0. The van der Waals surface area contributed by atoms with Crippen molar-refractivity contribution in [2.75, 3.05) is 0 Å². The molecular weight excluding hydrogens is 367 g/mol. The van der Waals surface area contributed by atoms with Crippen LogP contribution in [0.1, 0.15) is 38.2 Å². The second-order valence-corrected chi connectivity index (χ2v) is 7.25. The van der Waals surface area contributed by atoms with Crippen LogP contribution in [-0.2, 0) is 6.61 Å². The lowest BCUT2D eigenvalue weighted by atomic mass is 10.0. The molecule has 0 aromatic heterocycles. The van der Waals surface area contributed by atoms with Gasteiger partial charge in [0, 0.05) is 11.1 Å². The summed E-state index contributed by atoms with van der Waals surface area (Å²) in [7, 11) is 0. The van der Waals surface area contributed by atoms with Gasteiger partial charge in [0.25, 0.3) is 0 Å². The molecule has 1 aliphatic rings. The van der Waals surface area contributed by atoms with Gasteiger partial charge in [-0.25, -0.2) is 4.39 Å². The average molecular weight is 388 g/mol. The van der Waals surface area contributed by atoms with E-state index in [-0.39, 0.29) is 11.5 Å². The van der Waals surface area contributed by atoms with E-state index in [0.717, 1.165) is 16.7 Å². The number of hydrogen-bond acceptors (Lipinski definition) is 3. The third kappa shape index (κ3) is 3.66. The SMILES string of the molecule is Cc1ccc(C)c(COc2ccc3c(c2C)O/C(=C\c2ccccc2F)C3=O)c1. The highest BCUT2D eigenvalue weighted by Crippen LogP contribution is 2.39. The highest BCUT2D eigenvalue weighted by molar-refractivity contribution is 6.15. The van der Waals surface area contributed by atoms with Crippen LogP contribution in [-0.4, -0.2) is 5.78 Å². The normalized spacial score (nSPS) is 14.1. The van der Waals surface area contributed by atoms with E-state index >= 15 is 0 Å². The van der Waals surface area contributed by atoms with Crippen LogP contribution < -0.4 is 9.47 Å². The van der Waals surface area contributed by atoms with E-state index < -0.39 is 5.82 Å². The number of ether oxygens (including phenoxy) is 2. The van der Waals surface area contributed by atoms with E-state index in [1.807, 2.05) is 13.8 Å². The van der Waals surface area contributed by atoms with E-state index in [9.17, 15) is 9.18 Å². The Labute approximate surface area is 169 Å². The average Bonchev–Trinajstić information content (AvgIpc) is 3.02. The maximum atomic E-state index is 13.9. The monoisotopic (exact) mass is 388 g/mol. The number of allylic oxidation sites excluding steroid dienone is 1. The minimum Gasteiger partial charge on any atom is -0.488 e. The fraction of sp³-hybridized carbons (Fsp3) is 0.160. The number of fused-ring (bicyclic) bond motifs is 1. The molecule has 0 saturated carbocycles. The summed E-state index contributed by atoms with van der Waals surface area (Å²) in [6.45, 7) is 6.39. The van der Waals surface area contributed by atoms with E-state index in [1.165, 1.54) is 17.7 Å². The molecule has 0 unspecified atom stereocenters. The van der Waals surface area contributed by atoms with Crippen LogP contribution in [0.25, 0.3) is 6.08 Å². The summed E-state index contributed by atoms with van der Waals surface area (Å²) in [6, 6.07) is 16.0. The minimum absolute atomic E-state index is 0.111. The molecule has 0 spiro atoms. The molecule has 0 fully saturated rings. The fourth-order valence-corrected chi connectivity index (χ4v) is 3.37. The van der Waals surface area contributed by atoms with Crippen molar-refractivity contribution in [3.8, 4) is 11.5 Å². The Morgan fingerprint density at radius 2 is 1.83 bits per heavy atom. The van der Waals surface area contributed by atoms with Gasteiger partial charge in [0.2, 0.25) is 5.78 Å². The molecule has 0 amide bonds. The minimum atomic E-state index is -0.401. The van der Waals surface area contributed by atoms with Gasteiger partial charge in [0.1, 0.15) is 23.9 Å². The molecule has 0 radical (unpaired) electrons.